The highest BCUT2D eigenvalue weighted by Gasteiger charge is 2.25. The maximum absolute atomic E-state index is 11.9. The summed E-state index contributed by atoms with van der Waals surface area (Å²) in [6, 6.07) is 9.53. The molecule has 0 unspecified atom stereocenters. The van der Waals surface area contributed by atoms with Crippen LogP contribution in [0.25, 0.3) is 0 Å². The lowest BCUT2D eigenvalue weighted by atomic mass is 9.91. The molecule has 0 aromatic heterocycles. The number of benzene rings is 1. The molecular weight excluding hydrogens is 228 g/mol. The van der Waals surface area contributed by atoms with Crippen molar-refractivity contribution in [2.24, 2.45) is 11.8 Å². The van der Waals surface area contributed by atoms with Crippen molar-refractivity contribution in [2.75, 3.05) is 0 Å². The van der Waals surface area contributed by atoms with Gasteiger partial charge in [0.1, 0.15) is 12.4 Å². The molecule has 0 amide bonds. The SMILES string of the molecule is CC(=O)C[C@H](C(=O)OCc1ccccc1)C(C)C. The van der Waals surface area contributed by atoms with E-state index < -0.39 is 0 Å². The lowest BCUT2D eigenvalue weighted by Crippen LogP contribution is -2.24. The Bertz CT molecular complexity index is 395. The van der Waals surface area contributed by atoms with E-state index in [1.807, 2.05) is 44.2 Å². The van der Waals surface area contributed by atoms with Crippen molar-refractivity contribution >= 4 is 11.8 Å². The van der Waals surface area contributed by atoms with Gasteiger partial charge in [-0.2, -0.15) is 0 Å². The van der Waals surface area contributed by atoms with Gasteiger partial charge >= 0.3 is 5.97 Å². The monoisotopic (exact) mass is 248 g/mol. The Morgan fingerprint density at radius 2 is 1.78 bits per heavy atom. The first-order valence-corrected chi connectivity index (χ1v) is 6.20. The summed E-state index contributed by atoms with van der Waals surface area (Å²) in [5, 5.41) is 0. The maximum Gasteiger partial charge on any atom is 0.309 e. The van der Waals surface area contributed by atoms with E-state index in [0.717, 1.165) is 5.56 Å². The molecule has 0 aliphatic heterocycles. The highest BCUT2D eigenvalue weighted by Crippen LogP contribution is 2.18. The molecule has 0 N–H and O–H groups in total. The molecule has 0 heterocycles. The number of esters is 1. The van der Waals surface area contributed by atoms with Crippen LogP contribution in [0.4, 0.5) is 0 Å². The van der Waals surface area contributed by atoms with E-state index in [1.54, 1.807) is 0 Å². The Morgan fingerprint density at radius 3 is 2.28 bits per heavy atom. The van der Waals surface area contributed by atoms with Gasteiger partial charge in [-0.15, -0.1) is 0 Å². The number of hydrogen-bond donors (Lipinski definition) is 0. The Hall–Kier alpha value is -1.64. The second-order valence-electron chi connectivity index (χ2n) is 4.85. The second kappa shape index (κ2) is 6.94. The van der Waals surface area contributed by atoms with Crippen LogP contribution in [-0.4, -0.2) is 11.8 Å². The topological polar surface area (TPSA) is 43.4 Å². The van der Waals surface area contributed by atoms with Gasteiger partial charge in [0.2, 0.25) is 0 Å². The zero-order chi connectivity index (χ0) is 13.5. The number of ether oxygens (including phenoxy) is 1. The summed E-state index contributed by atoms with van der Waals surface area (Å²) >= 11 is 0. The van der Waals surface area contributed by atoms with E-state index in [1.165, 1.54) is 6.92 Å². The largest absolute Gasteiger partial charge is 0.461 e. The van der Waals surface area contributed by atoms with Crippen molar-refractivity contribution in [3.63, 3.8) is 0 Å². The van der Waals surface area contributed by atoms with Crippen molar-refractivity contribution in [2.45, 2.75) is 33.8 Å². The molecule has 98 valence electrons. The summed E-state index contributed by atoms with van der Waals surface area (Å²) in [7, 11) is 0. The third kappa shape index (κ3) is 4.70. The number of hydrogen-bond acceptors (Lipinski definition) is 3. The van der Waals surface area contributed by atoms with Gasteiger partial charge < -0.3 is 9.53 Å². The van der Waals surface area contributed by atoms with Gasteiger partial charge in [0.25, 0.3) is 0 Å². The first kappa shape index (κ1) is 14.4. The number of carbonyl (C=O) groups is 2. The molecule has 0 radical (unpaired) electrons. The van der Waals surface area contributed by atoms with E-state index in [4.69, 9.17) is 4.74 Å². The van der Waals surface area contributed by atoms with Crippen LogP contribution < -0.4 is 0 Å². The molecule has 0 aliphatic carbocycles. The van der Waals surface area contributed by atoms with Crippen molar-refractivity contribution in [3.05, 3.63) is 35.9 Å². The second-order valence-corrected chi connectivity index (χ2v) is 4.85. The fourth-order valence-corrected chi connectivity index (χ4v) is 1.74. The smallest absolute Gasteiger partial charge is 0.309 e. The molecule has 0 spiro atoms. The molecule has 0 bridgehead atoms. The van der Waals surface area contributed by atoms with Gasteiger partial charge in [0, 0.05) is 6.42 Å². The van der Waals surface area contributed by atoms with Crippen LogP contribution in [0.15, 0.2) is 30.3 Å². The van der Waals surface area contributed by atoms with Crippen molar-refractivity contribution < 1.29 is 14.3 Å². The third-order valence-corrected chi connectivity index (χ3v) is 2.84. The van der Waals surface area contributed by atoms with Crippen molar-refractivity contribution in [3.8, 4) is 0 Å². The third-order valence-electron chi connectivity index (χ3n) is 2.84. The Kier molecular flexibility index (Phi) is 5.56. The molecule has 0 saturated carbocycles. The normalized spacial score (nSPS) is 12.2. The number of carbonyl (C=O) groups excluding carboxylic acids is 2. The van der Waals surface area contributed by atoms with Crippen molar-refractivity contribution in [1.82, 2.24) is 0 Å². The maximum atomic E-state index is 11.9. The molecule has 18 heavy (non-hydrogen) atoms. The molecule has 0 saturated heterocycles. The zero-order valence-corrected chi connectivity index (χ0v) is 11.2. The average Bonchev–Trinajstić information content (AvgIpc) is 2.34. The summed E-state index contributed by atoms with van der Waals surface area (Å²) in [5.41, 5.74) is 0.955. The molecule has 3 heteroatoms. The van der Waals surface area contributed by atoms with E-state index in [2.05, 4.69) is 0 Å². The molecule has 1 atom stereocenters. The van der Waals surface area contributed by atoms with Crippen LogP contribution in [0.5, 0.6) is 0 Å². The van der Waals surface area contributed by atoms with Crippen LogP contribution >= 0.6 is 0 Å². The molecule has 1 aromatic carbocycles. The van der Waals surface area contributed by atoms with E-state index in [9.17, 15) is 9.59 Å². The van der Waals surface area contributed by atoms with Gasteiger partial charge in [-0.3, -0.25) is 4.79 Å². The fourth-order valence-electron chi connectivity index (χ4n) is 1.74. The summed E-state index contributed by atoms with van der Waals surface area (Å²) in [5.74, 6) is -0.502. The van der Waals surface area contributed by atoms with E-state index in [-0.39, 0.29) is 36.6 Å². The average molecular weight is 248 g/mol. The zero-order valence-electron chi connectivity index (χ0n) is 11.2. The Morgan fingerprint density at radius 1 is 1.17 bits per heavy atom. The molecule has 1 aromatic rings. The summed E-state index contributed by atoms with van der Waals surface area (Å²) in [6.45, 7) is 5.62. The highest BCUT2D eigenvalue weighted by atomic mass is 16.5. The van der Waals surface area contributed by atoms with Crippen LogP contribution in [-0.2, 0) is 20.9 Å². The van der Waals surface area contributed by atoms with E-state index >= 15 is 0 Å². The summed E-state index contributed by atoms with van der Waals surface area (Å²) < 4.78 is 5.26. The van der Waals surface area contributed by atoms with Gasteiger partial charge in [-0.05, 0) is 18.4 Å². The lowest BCUT2D eigenvalue weighted by molar-refractivity contribution is -0.153. The lowest BCUT2D eigenvalue weighted by Gasteiger charge is -2.18. The minimum atomic E-state index is -0.341. The summed E-state index contributed by atoms with van der Waals surface area (Å²) in [6.07, 6.45) is 0.255. The molecule has 3 nitrogen and oxygen atoms in total. The fraction of sp³-hybridized carbons (Fsp3) is 0.467. The predicted octanol–water partition coefficient (Wildman–Crippen LogP) is 2.98. The van der Waals surface area contributed by atoms with Gasteiger partial charge in [-0.25, -0.2) is 0 Å². The van der Waals surface area contributed by atoms with E-state index in [0.29, 0.717) is 0 Å². The summed E-state index contributed by atoms with van der Waals surface area (Å²) in [4.78, 5) is 23.0. The first-order chi connectivity index (χ1) is 8.50. The number of ketones is 1. The van der Waals surface area contributed by atoms with Crippen molar-refractivity contribution in [1.29, 1.82) is 0 Å². The highest BCUT2D eigenvalue weighted by molar-refractivity contribution is 5.82. The van der Waals surface area contributed by atoms with Crippen LogP contribution in [0, 0.1) is 11.8 Å². The Balaban J connectivity index is 2.54. The van der Waals surface area contributed by atoms with Gasteiger partial charge in [0.15, 0.2) is 0 Å². The molecule has 0 fully saturated rings. The van der Waals surface area contributed by atoms with Crippen LogP contribution in [0.1, 0.15) is 32.8 Å². The van der Waals surface area contributed by atoms with Gasteiger partial charge in [0.05, 0.1) is 5.92 Å². The standard InChI is InChI=1S/C15H20O3/c1-11(2)14(9-12(3)16)15(17)18-10-13-7-5-4-6-8-13/h4-8,11,14H,9-10H2,1-3H3/t14-/m0/s1. The number of rotatable bonds is 6. The van der Waals surface area contributed by atoms with Crippen LogP contribution in [0.2, 0.25) is 0 Å². The minimum Gasteiger partial charge on any atom is -0.461 e. The quantitative estimate of drug-likeness (QED) is 0.727. The first-order valence-electron chi connectivity index (χ1n) is 6.20. The molecule has 0 aliphatic rings. The predicted molar refractivity (Wildman–Crippen MR) is 69.9 cm³/mol. The number of Topliss-reactive ketones (excluding diaryl/α,β-unsaturated/α-hetero) is 1. The minimum absolute atomic E-state index is 0.0189. The molecule has 1 rings (SSSR count). The van der Waals surface area contributed by atoms with Crippen LogP contribution in [0.3, 0.4) is 0 Å². The molecular formula is C15H20O3. The van der Waals surface area contributed by atoms with Gasteiger partial charge in [-0.1, -0.05) is 44.2 Å². The Labute approximate surface area is 108 Å².